The fraction of sp³-hybridized carbons (Fsp3) is 0.462. The van der Waals surface area contributed by atoms with E-state index >= 15 is 0 Å². The van der Waals surface area contributed by atoms with Gasteiger partial charge in [0.2, 0.25) is 15.9 Å². The van der Waals surface area contributed by atoms with Gasteiger partial charge in [0.15, 0.2) is 0 Å². The van der Waals surface area contributed by atoms with E-state index in [1.807, 2.05) is 0 Å². The number of benzene rings is 2. The normalized spacial score (nSPS) is 15.9. The van der Waals surface area contributed by atoms with Gasteiger partial charge in [-0.05, 0) is 47.7 Å². The number of carbonyl (C=O) groups is 2. The van der Waals surface area contributed by atoms with Crippen LogP contribution in [0.2, 0.25) is 0 Å². The average molecular weight is 486 g/mol. The predicted octanol–water partition coefficient (Wildman–Crippen LogP) is 3.62. The summed E-state index contributed by atoms with van der Waals surface area (Å²) in [5.74, 6) is -0.103. The van der Waals surface area contributed by atoms with Crippen molar-refractivity contribution in [3.63, 3.8) is 0 Å². The van der Waals surface area contributed by atoms with Crippen molar-refractivity contribution in [3.8, 4) is 0 Å². The van der Waals surface area contributed by atoms with Crippen LogP contribution in [0.4, 0.5) is 0 Å². The third kappa shape index (κ3) is 6.04. The summed E-state index contributed by atoms with van der Waals surface area (Å²) in [6.07, 6.45) is 2.12. The first-order valence-corrected chi connectivity index (χ1v) is 13.3. The van der Waals surface area contributed by atoms with E-state index in [1.54, 1.807) is 17.0 Å². The summed E-state index contributed by atoms with van der Waals surface area (Å²) in [6, 6.07) is 14.3. The molecule has 2 aromatic rings. The van der Waals surface area contributed by atoms with Crippen molar-refractivity contribution in [1.82, 2.24) is 14.5 Å². The van der Waals surface area contributed by atoms with E-state index in [0.29, 0.717) is 18.7 Å². The van der Waals surface area contributed by atoms with Gasteiger partial charge in [-0.25, -0.2) is 8.42 Å². The number of rotatable bonds is 8. The van der Waals surface area contributed by atoms with Crippen LogP contribution in [0.1, 0.15) is 61.6 Å². The first-order valence-electron chi connectivity index (χ1n) is 11.9. The van der Waals surface area contributed by atoms with Crippen molar-refractivity contribution in [1.29, 1.82) is 0 Å². The second-order valence-corrected chi connectivity index (χ2v) is 11.1. The highest BCUT2D eigenvalue weighted by atomic mass is 32.2. The molecule has 1 heterocycles. The van der Waals surface area contributed by atoms with Gasteiger partial charge in [0.1, 0.15) is 0 Å². The molecule has 2 aromatic carbocycles. The molecule has 1 saturated heterocycles. The maximum Gasteiger partial charge on any atom is 0.251 e. The van der Waals surface area contributed by atoms with E-state index in [-0.39, 0.29) is 41.8 Å². The molecule has 8 heteroatoms. The van der Waals surface area contributed by atoms with Crippen molar-refractivity contribution in [2.75, 3.05) is 26.2 Å². The van der Waals surface area contributed by atoms with Crippen molar-refractivity contribution < 1.29 is 18.0 Å². The molecule has 184 valence electrons. The Morgan fingerprint density at radius 3 is 2.03 bits per heavy atom. The van der Waals surface area contributed by atoms with Gasteiger partial charge in [-0.2, -0.15) is 4.31 Å². The molecule has 0 aromatic heterocycles. The zero-order valence-corrected chi connectivity index (χ0v) is 21.3. The van der Waals surface area contributed by atoms with Crippen molar-refractivity contribution >= 4 is 21.8 Å². The Hall–Kier alpha value is -2.71. The van der Waals surface area contributed by atoms with E-state index in [2.05, 4.69) is 50.4 Å². The highest BCUT2D eigenvalue weighted by Gasteiger charge is 2.29. The Morgan fingerprint density at radius 1 is 0.941 bits per heavy atom. The van der Waals surface area contributed by atoms with Gasteiger partial charge < -0.3 is 10.2 Å². The summed E-state index contributed by atoms with van der Waals surface area (Å²) < 4.78 is 27.4. The number of aryl methyl sites for hydroxylation is 1. The molecule has 1 aliphatic rings. The Bertz CT molecular complexity index is 1090. The lowest BCUT2D eigenvalue weighted by Crippen LogP contribution is -2.49. The number of hydrogen-bond donors (Lipinski definition) is 1. The van der Waals surface area contributed by atoms with Crippen LogP contribution in [0.3, 0.4) is 0 Å². The molecule has 1 aliphatic heterocycles. The van der Waals surface area contributed by atoms with E-state index in [0.717, 1.165) is 18.4 Å². The fourth-order valence-electron chi connectivity index (χ4n) is 4.21. The van der Waals surface area contributed by atoms with Gasteiger partial charge in [0.05, 0.1) is 10.9 Å². The van der Waals surface area contributed by atoms with Gasteiger partial charge in [0, 0.05) is 38.7 Å². The SMILES string of the molecule is CCCc1ccc(C(NC(=O)c2ccc(S(=O)(=O)N3CCN(C(C)=O)CC3)cc2)C(C)C)cc1. The van der Waals surface area contributed by atoms with E-state index in [1.165, 1.54) is 28.9 Å². The lowest BCUT2D eigenvalue weighted by Gasteiger charge is -2.33. The fourth-order valence-corrected chi connectivity index (χ4v) is 5.63. The summed E-state index contributed by atoms with van der Waals surface area (Å²) in [7, 11) is -3.68. The number of nitrogens with one attached hydrogen (secondary N) is 1. The first-order chi connectivity index (χ1) is 16.1. The van der Waals surface area contributed by atoms with Gasteiger partial charge in [-0.3, -0.25) is 9.59 Å². The second-order valence-electron chi connectivity index (χ2n) is 9.12. The van der Waals surface area contributed by atoms with E-state index in [9.17, 15) is 18.0 Å². The van der Waals surface area contributed by atoms with Crippen LogP contribution in [0.5, 0.6) is 0 Å². The summed E-state index contributed by atoms with van der Waals surface area (Å²) in [5, 5.41) is 3.10. The molecule has 1 unspecified atom stereocenters. The molecule has 0 spiro atoms. The Kier molecular flexibility index (Phi) is 8.49. The van der Waals surface area contributed by atoms with Gasteiger partial charge >= 0.3 is 0 Å². The molecule has 1 N–H and O–H groups in total. The Balaban J connectivity index is 1.69. The molecule has 1 fully saturated rings. The van der Waals surface area contributed by atoms with Crippen LogP contribution in [0.25, 0.3) is 0 Å². The Labute approximate surface area is 203 Å². The molecule has 1 atom stereocenters. The highest BCUT2D eigenvalue weighted by Crippen LogP contribution is 2.24. The lowest BCUT2D eigenvalue weighted by atomic mass is 9.94. The average Bonchev–Trinajstić information content (AvgIpc) is 2.83. The van der Waals surface area contributed by atoms with Crippen LogP contribution in [0, 0.1) is 5.92 Å². The summed E-state index contributed by atoms with van der Waals surface area (Å²) in [5.41, 5.74) is 2.74. The molecule has 34 heavy (non-hydrogen) atoms. The molecule has 7 nitrogen and oxygen atoms in total. The standard InChI is InChI=1S/C26H35N3O4S/c1-5-6-21-7-9-22(10-8-21)25(19(2)3)27-26(31)23-11-13-24(14-12-23)34(32,33)29-17-15-28(16-18-29)20(4)30/h7-14,19,25H,5-6,15-18H2,1-4H3,(H,27,31). The number of amides is 2. The first kappa shape index (κ1) is 25.9. The zero-order valence-electron chi connectivity index (χ0n) is 20.5. The smallest absolute Gasteiger partial charge is 0.251 e. The summed E-state index contributed by atoms with van der Waals surface area (Å²) in [4.78, 5) is 26.2. The number of piperazine rings is 1. The quantitative estimate of drug-likeness (QED) is 0.619. The monoisotopic (exact) mass is 485 g/mol. The zero-order chi connectivity index (χ0) is 24.9. The van der Waals surface area contributed by atoms with Crippen LogP contribution in [-0.2, 0) is 21.2 Å². The maximum absolute atomic E-state index is 13.0. The number of nitrogens with zero attached hydrogens (tertiary/aromatic N) is 2. The van der Waals surface area contributed by atoms with E-state index < -0.39 is 10.0 Å². The molecule has 2 amide bonds. The highest BCUT2D eigenvalue weighted by molar-refractivity contribution is 7.89. The van der Waals surface area contributed by atoms with Crippen molar-refractivity contribution in [2.45, 2.75) is 51.5 Å². The third-order valence-electron chi connectivity index (χ3n) is 6.27. The summed E-state index contributed by atoms with van der Waals surface area (Å²) in [6.45, 7) is 9.04. The topological polar surface area (TPSA) is 86.8 Å². The molecular weight excluding hydrogens is 450 g/mol. The van der Waals surface area contributed by atoms with Crippen LogP contribution in [0.15, 0.2) is 53.4 Å². The third-order valence-corrected chi connectivity index (χ3v) is 8.18. The van der Waals surface area contributed by atoms with Gasteiger partial charge in [-0.15, -0.1) is 0 Å². The molecule has 0 aliphatic carbocycles. The molecule has 0 radical (unpaired) electrons. The molecule has 0 bridgehead atoms. The second kappa shape index (κ2) is 11.1. The minimum Gasteiger partial charge on any atom is -0.345 e. The molecule has 0 saturated carbocycles. The number of hydrogen-bond acceptors (Lipinski definition) is 4. The van der Waals surface area contributed by atoms with Crippen LogP contribution < -0.4 is 5.32 Å². The number of carbonyl (C=O) groups excluding carboxylic acids is 2. The van der Waals surface area contributed by atoms with E-state index in [4.69, 9.17) is 0 Å². The van der Waals surface area contributed by atoms with Crippen LogP contribution >= 0.6 is 0 Å². The largest absolute Gasteiger partial charge is 0.345 e. The maximum atomic E-state index is 13.0. The Morgan fingerprint density at radius 2 is 1.53 bits per heavy atom. The lowest BCUT2D eigenvalue weighted by molar-refractivity contribution is -0.129. The minimum atomic E-state index is -3.68. The van der Waals surface area contributed by atoms with Gasteiger partial charge in [-0.1, -0.05) is 51.5 Å². The van der Waals surface area contributed by atoms with Crippen molar-refractivity contribution in [2.24, 2.45) is 5.92 Å². The summed E-state index contributed by atoms with van der Waals surface area (Å²) >= 11 is 0. The van der Waals surface area contributed by atoms with Crippen molar-refractivity contribution in [3.05, 3.63) is 65.2 Å². The van der Waals surface area contributed by atoms with Gasteiger partial charge in [0.25, 0.3) is 5.91 Å². The molecule has 3 rings (SSSR count). The van der Waals surface area contributed by atoms with Crippen LogP contribution in [-0.4, -0.2) is 55.6 Å². The minimum absolute atomic E-state index is 0.0518. The number of sulfonamides is 1. The molecular formula is C26H35N3O4S. The predicted molar refractivity (Wildman–Crippen MR) is 133 cm³/mol.